The molecule has 0 saturated heterocycles. The zero-order chi connectivity index (χ0) is 13.8. The van der Waals surface area contributed by atoms with Crippen molar-refractivity contribution >= 4 is 0 Å². The molecule has 0 unspecified atom stereocenters. The van der Waals surface area contributed by atoms with E-state index >= 15 is 0 Å². The largest absolute Gasteiger partial charge is 0.328 e. The van der Waals surface area contributed by atoms with E-state index in [-0.39, 0.29) is 11.2 Å². The number of hydrogen-bond acceptors (Lipinski definition) is 3. The Kier molecular flexibility index (Phi) is 4.90. The van der Waals surface area contributed by atoms with Crippen LogP contribution >= 0.6 is 0 Å². The van der Waals surface area contributed by atoms with Crippen molar-refractivity contribution in [2.75, 3.05) is 13.1 Å². The number of aryl methyl sites for hydroxylation is 1. The molecule has 0 aliphatic rings. The van der Waals surface area contributed by atoms with E-state index < -0.39 is 0 Å². The van der Waals surface area contributed by atoms with Crippen molar-refractivity contribution in [2.24, 2.45) is 5.41 Å². The molecule has 0 aromatic carbocycles. The molecule has 0 radical (unpaired) electrons. The maximum absolute atomic E-state index is 11.5. The van der Waals surface area contributed by atoms with Gasteiger partial charge in [-0.1, -0.05) is 20.8 Å². The summed E-state index contributed by atoms with van der Waals surface area (Å²) in [5.74, 6) is 0. The Bertz CT molecular complexity index is 494. The van der Waals surface area contributed by atoms with Gasteiger partial charge in [-0.25, -0.2) is 4.79 Å². The molecular weight excluding hydrogens is 230 g/mol. The first-order valence-corrected chi connectivity index (χ1v) is 6.31. The molecule has 0 saturated carbocycles. The topological polar surface area (TPSA) is 66.9 Å². The minimum absolute atomic E-state index is 0.308. The van der Waals surface area contributed by atoms with Crippen LogP contribution in [0.1, 0.15) is 32.8 Å². The Morgan fingerprint density at radius 2 is 1.94 bits per heavy atom. The first-order valence-electron chi connectivity index (χ1n) is 6.31. The van der Waals surface area contributed by atoms with Crippen molar-refractivity contribution in [3.63, 3.8) is 0 Å². The van der Waals surface area contributed by atoms with E-state index in [1.54, 1.807) is 13.1 Å². The molecule has 18 heavy (non-hydrogen) atoms. The molecule has 0 aliphatic heterocycles. The van der Waals surface area contributed by atoms with Gasteiger partial charge < -0.3 is 5.32 Å². The highest BCUT2D eigenvalue weighted by Crippen LogP contribution is 2.16. The number of rotatable bonds is 5. The Labute approximate surface area is 107 Å². The van der Waals surface area contributed by atoms with E-state index in [1.807, 2.05) is 0 Å². The molecule has 1 aromatic rings. The van der Waals surface area contributed by atoms with Crippen molar-refractivity contribution < 1.29 is 0 Å². The van der Waals surface area contributed by atoms with Gasteiger partial charge in [-0.05, 0) is 25.3 Å². The van der Waals surface area contributed by atoms with Crippen LogP contribution in [0.25, 0.3) is 0 Å². The highest BCUT2D eigenvalue weighted by molar-refractivity contribution is 5.00. The van der Waals surface area contributed by atoms with Crippen LogP contribution in [0.15, 0.2) is 15.8 Å². The molecular formula is C13H23N3O2. The van der Waals surface area contributed by atoms with Gasteiger partial charge in [0, 0.05) is 24.8 Å². The maximum atomic E-state index is 11.5. The highest BCUT2D eigenvalue weighted by atomic mass is 16.2. The van der Waals surface area contributed by atoms with Crippen LogP contribution in [0.4, 0.5) is 0 Å². The number of H-pyrrole nitrogens is 1. The lowest BCUT2D eigenvalue weighted by atomic mass is 9.92. The fourth-order valence-corrected chi connectivity index (χ4v) is 1.57. The minimum Gasteiger partial charge on any atom is -0.315 e. The maximum Gasteiger partial charge on any atom is 0.328 e. The summed E-state index contributed by atoms with van der Waals surface area (Å²) < 4.78 is 1.53. The molecule has 1 rings (SSSR count). The molecule has 0 atom stereocenters. The lowest BCUT2D eigenvalue weighted by molar-refractivity contribution is 0.365. The molecule has 0 aliphatic carbocycles. The average molecular weight is 253 g/mol. The third kappa shape index (κ3) is 4.87. The SMILES string of the molecule is Cc1cn(CCNCCC(C)(C)C)c(=O)[nH]c1=O. The van der Waals surface area contributed by atoms with Gasteiger partial charge in [-0.2, -0.15) is 0 Å². The third-order valence-electron chi connectivity index (χ3n) is 2.77. The average Bonchev–Trinajstić information content (AvgIpc) is 2.23. The van der Waals surface area contributed by atoms with Crippen LogP contribution in [-0.4, -0.2) is 22.6 Å². The van der Waals surface area contributed by atoms with Crippen LogP contribution in [0.2, 0.25) is 0 Å². The molecule has 0 fully saturated rings. The lowest BCUT2D eigenvalue weighted by Gasteiger charge is -2.18. The predicted octanol–water partition coefficient (Wildman–Crippen LogP) is 0.871. The fourth-order valence-electron chi connectivity index (χ4n) is 1.57. The molecule has 2 N–H and O–H groups in total. The normalized spacial score (nSPS) is 11.8. The summed E-state index contributed by atoms with van der Waals surface area (Å²) in [6.45, 7) is 10.5. The van der Waals surface area contributed by atoms with E-state index in [1.165, 1.54) is 4.57 Å². The molecule has 0 spiro atoms. The molecule has 102 valence electrons. The lowest BCUT2D eigenvalue weighted by Crippen LogP contribution is -2.34. The van der Waals surface area contributed by atoms with Gasteiger partial charge in [0.05, 0.1) is 0 Å². The third-order valence-corrected chi connectivity index (χ3v) is 2.77. The Balaban J connectivity index is 2.43. The smallest absolute Gasteiger partial charge is 0.315 e. The van der Waals surface area contributed by atoms with E-state index in [2.05, 4.69) is 31.1 Å². The van der Waals surface area contributed by atoms with Crippen molar-refractivity contribution in [1.82, 2.24) is 14.9 Å². The summed E-state index contributed by atoms with van der Waals surface area (Å²) in [5.41, 5.74) is 0.225. The number of hydrogen-bond donors (Lipinski definition) is 2. The molecule has 1 aromatic heterocycles. The molecule has 0 amide bonds. The number of nitrogens with one attached hydrogen (secondary N) is 2. The van der Waals surface area contributed by atoms with E-state index in [9.17, 15) is 9.59 Å². The zero-order valence-electron chi connectivity index (χ0n) is 11.7. The summed E-state index contributed by atoms with van der Waals surface area (Å²) in [6, 6.07) is 0. The van der Waals surface area contributed by atoms with E-state index in [0.717, 1.165) is 19.5 Å². The zero-order valence-corrected chi connectivity index (χ0v) is 11.7. The van der Waals surface area contributed by atoms with Gasteiger partial charge in [0.25, 0.3) is 5.56 Å². The molecule has 0 bridgehead atoms. The molecule has 5 nitrogen and oxygen atoms in total. The molecule has 5 heteroatoms. The van der Waals surface area contributed by atoms with Crippen LogP contribution in [-0.2, 0) is 6.54 Å². The second-order valence-corrected chi connectivity index (χ2v) is 5.83. The first-order chi connectivity index (χ1) is 8.29. The number of aromatic amines is 1. The van der Waals surface area contributed by atoms with Crippen molar-refractivity contribution in [3.05, 3.63) is 32.6 Å². The quantitative estimate of drug-likeness (QED) is 0.765. The second kappa shape index (κ2) is 6.00. The number of aromatic nitrogens is 2. The summed E-state index contributed by atoms with van der Waals surface area (Å²) >= 11 is 0. The van der Waals surface area contributed by atoms with E-state index in [4.69, 9.17) is 0 Å². The summed E-state index contributed by atoms with van der Waals surface area (Å²) in [7, 11) is 0. The van der Waals surface area contributed by atoms with Gasteiger partial charge in [0.2, 0.25) is 0 Å². The van der Waals surface area contributed by atoms with Crippen LogP contribution in [0.3, 0.4) is 0 Å². The van der Waals surface area contributed by atoms with Gasteiger partial charge in [0.15, 0.2) is 0 Å². The Morgan fingerprint density at radius 1 is 1.28 bits per heavy atom. The minimum atomic E-state index is -0.344. The first kappa shape index (κ1) is 14.7. The second-order valence-electron chi connectivity index (χ2n) is 5.83. The Hall–Kier alpha value is -1.36. The van der Waals surface area contributed by atoms with Gasteiger partial charge in [-0.15, -0.1) is 0 Å². The fraction of sp³-hybridized carbons (Fsp3) is 0.692. The van der Waals surface area contributed by atoms with Gasteiger partial charge in [0.1, 0.15) is 0 Å². The van der Waals surface area contributed by atoms with Gasteiger partial charge >= 0.3 is 5.69 Å². The summed E-state index contributed by atoms with van der Waals surface area (Å²) in [6.07, 6.45) is 2.69. The van der Waals surface area contributed by atoms with Crippen LogP contribution in [0.5, 0.6) is 0 Å². The molecule has 1 heterocycles. The standard InChI is InChI=1S/C13H23N3O2/c1-10-9-16(12(18)15-11(10)17)8-7-14-6-5-13(2,3)4/h9,14H,5-8H2,1-4H3,(H,15,17,18). The van der Waals surface area contributed by atoms with E-state index in [0.29, 0.717) is 17.5 Å². The van der Waals surface area contributed by atoms with Crippen molar-refractivity contribution in [1.29, 1.82) is 0 Å². The van der Waals surface area contributed by atoms with Crippen molar-refractivity contribution in [2.45, 2.75) is 40.7 Å². The van der Waals surface area contributed by atoms with Gasteiger partial charge in [-0.3, -0.25) is 14.3 Å². The van der Waals surface area contributed by atoms with Crippen molar-refractivity contribution in [3.8, 4) is 0 Å². The van der Waals surface area contributed by atoms with Crippen LogP contribution in [0, 0.1) is 12.3 Å². The van der Waals surface area contributed by atoms with Crippen LogP contribution < -0.4 is 16.6 Å². The number of nitrogens with zero attached hydrogens (tertiary/aromatic N) is 1. The highest BCUT2D eigenvalue weighted by Gasteiger charge is 2.08. The predicted molar refractivity (Wildman–Crippen MR) is 73.0 cm³/mol. The summed E-state index contributed by atoms with van der Waals surface area (Å²) in [5, 5.41) is 3.30. The Morgan fingerprint density at radius 3 is 2.56 bits per heavy atom. The summed E-state index contributed by atoms with van der Waals surface area (Å²) in [4.78, 5) is 25.0. The monoisotopic (exact) mass is 253 g/mol.